The molecule has 0 unspecified atom stereocenters. The molecule has 0 saturated carbocycles. The maximum Gasteiger partial charge on any atom is 0.280 e. The topological polar surface area (TPSA) is 95.1 Å². The Morgan fingerprint density at radius 2 is 2.13 bits per heavy atom. The molecule has 0 bridgehead atoms. The number of anilines is 1. The van der Waals surface area contributed by atoms with Gasteiger partial charge in [-0.25, -0.2) is 4.98 Å². The van der Waals surface area contributed by atoms with Gasteiger partial charge >= 0.3 is 0 Å². The minimum atomic E-state index is -0.387. The summed E-state index contributed by atoms with van der Waals surface area (Å²) in [5, 5.41) is 13.4. The van der Waals surface area contributed by atoms with Crippen molar-refractivity contribution in [1.29, 1.82) is 0 Å². The smallest absolute Gasteiger partial charge is 0.280 e. The van der Waals surface area contributed by atoms with Crippen LogP contribution < -0.4 is 10.1 Å². The standard InChI is InChI=1S/C22H23N5O3S/c1-5-27-10-16(9-23-27)18-12-31-22(24-18)25-21(28)20-17(15(4)30-26-20)11-29-19-8-6-7-13(2)14(19)3/h6-10,12H,5,11H2,1-4H3,(H,24,25,28). The van der Waals surface area contributed by atoms with Gasteiger partial charge in [0.25, 0.3) is 5.91 Å². The molecule has 0 saturated heterocycles. The number of ether oxygens (including phenoxy) is 1. The van der Waals surface area contributed by atoms with Gasteiger partial charge in [-0.3, -0.25) is 14.8 Å². The molecular formula is C22H23N5O3S. The molecule has 4 aromatic rings. The summed E-state index contributed by atoms with van der Waals surface area (Å²) in [6, 6.07) is 5.87. The van der Waals surface area contributed by atoms with Crippen LogP contribution in [0.4, 0.5) is 5.13 Å². The van der Waals surface area contributed by atoms with Crippen molar-refractivity contribution in [3.05, 3.63) is 64.1 Å². The highest BCUT2D eigenvalue weighted by Gasteiger charge is 2.22. The number of thiazole rings is 1. The van der Waals surface area contributed by atoms with Crippen LogP contribution in [0.3, 0.4) is 0 Å². The highest BCUT2D eigenvalue weighted by Crippen LogP contribution is 2.26. The summed E-state index contributed by atoms with van der Waals surface area (Å²) in [6.07, 6.45) is 3.68. The van der Waals surface area contributed by atoms with Crippen LogP contribution in [-0.4, -0.2) is 25.8 Å². The highest BCUT2D eigenvalue weighted by atomic mass is 32.1. The molecular weight excluding hydrogens is 414 g/mol. The number of amides is 1. The van der Waals surface area contributed by atoms with Crippen LogP contribution in [0, 0.1) is 20.8 Å². The van der Waals surface area contributed by atoms with Crippen molar-refractivity contribution in [3.8, 4) is 17.0 Å². The highest BCUT2D eigenvalue weighted by molar-refractivity contribution is 7.14. The Morgan fingerprint density at radius 3 is 2.90 bits per heavy atom. The van der Waals surface area contributed by atoms with E-state index >= 15 is 0 Å². The molecule has 9 heteroatoms. The normalized spacial score (nSPS) is 11.0. The van der Waals surface area contributed by atoms with E-state index in [1.54, 1.807) is 13.1 Å². The quantitative estimate of drug-likeness (QED) is 0.447. The van der Waals surface area contributed by atoms with E-state index in [4.69, 9.17) is 9.26 Å². The SMILES string of the molecule is CCn1cc(-c2csc(NC(=O)c3noc(C)c3COc3cccc(C)c3C)n2)cn1. The predicted octanol–water partition coefficient (Wildman–Crippen LogP) is 4.77. The van der Waals surface area contributed by atoms with Crippen LogP contribution in [-0.2, 0) is 13.2 Å². The molecule has 3 heterocycles. The van der Waals surface area contributed by atoms with Crippen molar-refractivity contribution < 1.29 is 14.1 Å². The first-order valence-electron chi connectivity index (χ1n) is 9.90. The van der Waals surface area contributed by atoms with Gasteiger partial charge in [0.05, 0.1) is 17.5 Å². The molecule has 0 aliphatic rings. The van der Waals surface area contributed by atoms with Crippen LogP contribution in [0.25, 0.3) is 11.3 Å². The number of benzene rings is 1. The fourth-order valence-corrected chi connectivity index (χ4v) is 3.77. The zero-order valence-corrected chi connectivity index (χ0v) is 18.6. The van der Waals surface area contributed by atoms with E-state index in [2.05, 4.69) is 20.6 Å². The zero-order chi connectivity index (χ0) is 22.0. The Bertz CT molecular complexity index is 1220. The minimum Gasteiger partial charge on any atom is -0.488 e. The maximum atomic E-state index is 12.8. The van der Waals surface area contributed by atoms with E-state index < -0.39 is 0 Å². The molecule has 8 nitrogen and oxygen atoms in total. The van der Waals surface area contributed by atoms with Crippen LogP contribution in [0.5, 0.6) is 5.75 Å². The molecule has 0 aliphatic carbocycles. The van der Waals surface area contributed by atoms with Crippen molar-refractivity contribution in [2.24, 2.45) is 0 Å². The lowest BCUT2D eigenvalue weighted by Gasteiger charge is -2.11. The molecule has 0 spiro atoms. The minimum absolute atomic E-state index is 0.182. The van der Waals surface area contributed by atoms with E-state index in [0.29, 0.717) is 16.5 Å². The fourth-order valence-electron chi connectivity index (χ4n) is 3.06. The van der Waals surface area contributed by atoms with E-state index in [9.17, 15) is 4.79 Å². The summed E-state index contributed by atoms with van der Waals surface area (Å²) < 4.78 is 13.1. The summed E-state index contributed by atoms with van der Waals surface area (Å²) in [6.45, 7) is 8.78. The Kier molecular flexibility index (Phi) is 5.85. The average molecular weight is 438 g/mol. The third-order valence-corrected chi connectivity index (χ3v) is 5.86. The van der Waals surface area contributed by atoms with Crippen LogP contribution in [0.2, 0.25) is 0 Å². The van der Waals surface area contributed by atoms with Crippen molar-refractivity contribution >= 4 is 22.4 Å². The first-order valence-corrected chi connectivity index (χ1v) is 10.8. The number of hydrogen-bond donors (Lipinski definition) is 1. The molecule has 1 N–H and O–H groups in total. The lowest BCUT2D eigenvalue weighted by molar-refractivity contribution is 0.101. The maximum absolute atomic E-state index is 12.8. The molecule has 0 aliphatic heterocycles. The number of nitrogens with one attached hydrogen (secondary N) is 1. The van der Waals surface area contributed by atoms with E-state index in [0.717, 1.165) is 34.7 Å². The van der Waals surface area contributed by atoms with Crippen molar-refractivity contribution in [2.75, 3.05) is 5.32 Å². The number of rotatable bonds is 7. The van der Waals surface area contributed by atoms with Gasteiger partial charge in [0, 0.05) is 23.7 Å². The van der Waals surface area contributed by atoms with Gasteiger partial charge in [-0.05, 0) is 44.9 Å². The third kappa shape index (κ3) is 4.36. The lowest BCUT2D eigenvalue weighted by atomic mass is 10.1. The van der Waals surface area contributed by atoms with Crippen LogP contribution in [0.1, 0.15) is 39.9 Å². The van der Waals surface area contributed by atoms with E-state index in [1.807, 2.05) is 55.2 Å². The summed E-state index contributed by atoms with van der Waals surface area (Å²) >= 11 is 1.34. The predicted molar refractivity (Wildman–Crippen MR) is 118 cm³/mol. The molecule has 1 amide bonds. The summed E-state index contributed by atoms with van der Waals surface area (Å²) in [5.74, 6) is 0.924. The van der Waals surface area contributed by atoms with Crippen molar-refractivity contribution in [1.82, 2.24) is 19.9 Å². The fraction of sp³-hybridized carbons (Fsp3) is 0.273. The molecule has 4 rings (SSSR count). The van der Waals surface area contributed by atoms with Crippen LogP contribution in [0.15, 0.2) is 40.5 Å². The molecule has 31 heavy (non-hydrogen) atoms. The second-order valence-electron chi connectivity index (χ2n) is 7.13. The Labute approximate surface area is 183 Å². The van der Waals surface area contributed by atoms with Gasteiger partial charge in [-0.2, -0.15) is 5.10 Å². The number of carbonyl (C=O) groups is 1. The molecule has 3 aromatic heterocycles. The Hall–Kier alpha value is -3.46. The molecule has 0 radical (unpaired) electrons. The number of hydrogen-bond acceptors (Lipinski definition) is 7. The van der Waals surface area contributed by atoms with Crippen molar-refractivity contribution in [2.45, 2.75) is 40.8 Å². The van der Waals surface area contributed by atoms with Crippen LogP contribution >= 0.6 is 11.3 Å². The number of carbonyl (C=O) groups excluding carboxylic acids is 1. The largest absolute Gasteiger partial charge is 0.488 e. The third-order valence-electron chi connectivity index (χ3n) is 5.10. The number of aromatic nitrogens is 4. The Balaban J connectivity index is 1.48. The molecule has 0 fully saturated rings. The van der Waals surface area contributed by atoms with Gasteiger partial charge in [0.2, 0.25) is 0 Å². The Morgan fingerprint density at radius 1 is 1.29 bits per heavy atom. The van der Waals surface area contributed by atoms with E-state index in [1.165, 1.54) is 11.3 Å². The lowest BCUT2D eigenvalue weighted by Crippen LogP contribution is -2.15. The average Bonchev–Trinajstić information content (AvgIpc) is 3.49. The second kappa shape index (κ2) is 8.73. The second-order valence-corrected chi connectivity index (χ2v) is 7.99. The summed E-state index contributed by atoms with van der Waals surface area (Å²) in [7, 11) is 0. The molecule has 1 aromatic carbocycles. The molecule has 160 valence electrons. The first kappa shape index (κ1) is 20.8. The zero-order valence-electron chi connectivity index (χ0n) is 17.8. The van der Waals surface area contributed by atoms with Gasteiger partial charge in [0.15, 0.2) is 10.8 Å². The van der Waals surface area contributed by atoms with Gasteiger partial charge in [0.1, 0.15) is 18.1 Å². The summed E-state index contributed by atoms with van der Waals surface area (Å²) in [4.78, 5) is 17.3. The number of nitrogens with zero attached hydrogens (tertiary/aromatic N) is 4. The van der Waals surface area contributed by atoms with E-state index in [-0.39, 0.29) is 18.2 Å². The number of aryl methyl sites for hydroxylation is 3. The molecule has 0 atom stereocenters. The first-order chi connectivity index (χ1) is 15.0. The monoisotopic (exact) mass is 437 g/mol. The van der Waals surface area contributed by atoms with Gasteiger partial charge in [-0.1, -0.05) is 17.3 Å². The summed E-state index contributed by atoms with van der Waals surface area (Å²) in [5.41, 5.74) is 4.66. The van der Waals surface area contributed by atoms with Crippen molar-refractivity contribution in [3.63, 3.8) is 0 Å². The van der Waals surface area contributed by atoms with Gasteiger partial charge < -0.3 is 9.26 Å². The van der Waals surface area contributed by atoms with Gasteiger partial charge in [-0.15, -0.1) is 11.3 Å².